The fraction of sp³-hybridized carbons (Fsp3) is 0.462. The number of Topliss-reactive ketones (excluding diaryl/α,β-unsaturated/α-hetero) is 1. The van der Waals surface area contributed by atoms with Crippen LogP contribution in [0.3, 0.4) is 0 Å². The molecule has 2 rings (SSSR count). The van der Waals surface area contributed by atoms with Gasteiger partial charge in [0.2, 0.25) is 6.79 Å². The number of carbonyl (C=O) groups excluding carboxylic acids is 1. The van der Waals surface area contributed by atoms with Crippen molar-refractivity contribution in [3.8, 4) is 11.5 Å². The highest BCUT2D eigenvalue weighted by molar-refractivity contribution is 6.00. The van der Waals surface area contributed by atoms with Crippen LogP contribution in [0.1, 0.15) is 37.4 Å². The highest BCUT2D eigenvalue weighted by atomic mass is 16.7. The Morgan fingerprint density at radius 3 is 3.18 bits per heavy atom. The molecule has 4 heteroatoms. The number of carbonyl (C=O) groups is 1. The molecule has 1 aromatic carbocycles. The summed E-state index contributed by atoms with van der Waals surface area (Å²) in [5.41, 5.74) is 0.310. The van der Waals surface area contributed by atoms with Crippen LogP contribution in [0, 0.1) is 0 Å². The molecule has 17 heavy (non-hydrogen) atoms. The third-order valence-electron chi connectivity index (χ3n) is 2.63. The van der Waals surface area contributed by atoms with Gasteiger partial charge in [0, 0.05) is 12.4 Å². The summed E-state index contributed by atoms with van der Waals surface area (Å²) in [5.74, 6) is 0.587. The number of likely N-dealkylation sites (N-methyl/N-ethyl adjacent to an activating group) is 1. The first-order chi connectivity index (χ1) is 10.2. The maximum absolute atomic E-state index is 12.5. The summed E-state index contributed by atoms with van der Waals surface area (Å²) >= 11 is 0. The Labute approximate surface area is 108 Å². The van der Waals surface area contributed by atoms with Crippen molar-refractivity contribution in [2.24, 2.45) is 0 Å². The fourth-order valence-electron chi connectivity index (χ4n) is 1.69. The normalized spacial score (nSPS) is 20.6. The van der Waals surface area contributed by atoms with E-state index >= 15 is 0 Å². The molecule has 4 nitrogen and oxygen atoms in total. The number of nitrogens with one attached hydrogen (secondary N) is 1. The fourth-order valence-corrected chi connectivity index (χ4v) is 1.69. The van der Waals surface area contributed by atoms with Gasteiger partial charge in [-0.05, 0) is 31.1 Å². The molecule has 0 bridgehead atoms. The first kappa shape index (κ1) is 7.01. The molecule has 1 aliphatic heterocycles. The molecular weight excluding hydrogens is 218 g/mol. The van der Waals surface area contributed by atoms with Gasteiger partial charge >= 0.3 is 0 Å². The molecule has 1 aromatic rings. The Bertz CT molecular complexity index is 573. The predicted octanol–water partition coefficient (Wildman–Crippen LogP) is 1.99. The molecule has 0 amide bonds. The molecule has 1 aliphatic rings. The Morgan fingerprint density at radius 2 is 2.41 bits per heavy atom. The summed E-state index contributed by atoms with van der Waals surface area (Å²) < 4.78 is 47.1. The molecule has 1 N–H and O–H groups in total. The molecule has 0 aromatic heterocycles. The number of rotatable bonds is 5. The van der Waals surface area contributed by atoms with E-state index in [1.165, 1.54) is 6.07 Å². The van der Waals surface area contributed by atoms with E-state index in [1.807, 2.05) is 0 Å². The van der Waals surface area contributed by atoms with E-state index < -0.39 is 25.2 Å². The third-order valence-corrected chi connectivity index (χ3v) is 2.63. The van der Waals surface area contributed by atoms with Crippen LogP contribution in [0.5, 0.6) is 11.5 Å². The highest BCUT2D eigenvalue weighted by Gasteiger charge is 2.20. The lowest BCUT2D eigenvalue weighted by atomic mass is 10.0. The topological polar surface area (TPSA) is 47.6 Å². The van der Waals surface area contributed by atoms with E-state index in [-0.39, 0.29) is 13.2 Å². The first-order valence-electron chi connectivity index (χ1n) is 7.87. The number of hydrogen-bond acceptors (Lipinski definition) is 4. The maximum atomic E-state index is 12.5. The van der Waals surface area contributed by atoms with E-state index in [4.69, 9.17) is 16.3 Å². The van der Waals surface area contributed by atoms with Gasteiger partial charge in [-0.1, -0.05) is 13.8 Å². The van der Waals surface area contributed by atoms with Crippen LogP contribution in [0.15, 0.2) is 18.2 Å². The zero-order valence-electron chi connectivity index (χ0n) is 14.4. The first-order valence-corrected chi connectivity index (χ1v) is 5.37. The molecule has 1 atom stereocenters. The van der Waals surface area contributed by atoms with Crippen molar-refractivity contribution in [2.75, 3.05) is 13.3 Å². The lowest BCUT2D eigenvalue weighted by Crippen LogP contribution is -2.35. The van der Waals surface area contributed by atoms with Gasteiger partial charge in [0.1, 0.15) is 0 Å². The van der Waals surface area contributed by atoms with E-state index in [1.54, 1.807) is 19.1 Å². The summed E-state index contributed by atoms with van der Waals surface area (Å²) in [5, 5.41) is 2.30. The third kappa shape index (κ3) is 2.42. The average Bonchev–Trinajstić information content (AvgIpc) is 2.90. The van der Waals surface area contributed by atoms with Crippen LogP contribution in [0.2, 0.25) is 0 Å². The van der Waals surface area contributed by atoms with Gasteiger partial charge < -0.3 is 14.8 Å². The van der Waals surface area contributed by atoms with Gasteiger partial charge in [0.15, 0.2) is 17.3 Å². The number of ether oxygens (including phenoxy) is 2. The minimum atomic E-state index is -2.87. The maximum Gasteiger partial charge on any atom is 0.231 e. The number of fused-ring (bicyclic) bond motifs is 1. The van der Waals surface area contributed by atoms with E-state index in [9.17, 15) is 4.79 Å². The van der Waals surface area contributed by atoms with E-state index in [0.717, 1.165) is 0 Å². The standard InChI is InChI=1S/C13H17NO3/c1-3-10(14-4-2)13(15)9-5-6-11-12(7-9)17-8-16-11/h5-7,10,14H,3-4,8H2,1-2H3/i2D3,4D2. The van der Waals surface area contributed by atoms with Gasteiger partial charge in [-0.3, -0.25) is 4.79 Å². The molecule has 0 aliphatic carbocycles. The van der Waals surface area contributed by atoms with Gasteiger partial charge in [-0.2, -0.15) is 0 Å². The van der Waals surface area contributed by atoms with Crippen LogP contribution in [-0.2, 0) is 0 Å². The number of ketones is 1. The van der Waals surface area contributed by atoms with Gasteiger partial charge in [-0.15, -0.1) is 0 Å². The van der Waals surface area contributed by atoms with Crippen molar-refractivity contribution in [3.63, 3.8) is 0 Å². The van der Waals surface area contributed by atoms with Crippen LogP contribution < -0.4 is 14.8 Å². The van der Waals surface area contributed by atoms with Crippen LogP contribution in [0.25, 0.3) is 0 Å². The zero-order valence-corrected chi connectivity index (χ0v) is 9.45. The van der Waals surface area contributed by atoms with Crippen LogP contribution >= 0.6 is 0 Å². The SMILES string of the molecule is [2H]C([2H])([2H])C([2H])([2H])NC(CC)C(=O)c1ccc2c(c1)OCO2. The highest BCUT2D eigenvalue weighted by Crippen LogP contribution is 2.32. The molecular formula is C13H17NO3. The smallest absolute Gasteiger partial charge is 0.231 e. The van der Waals surface area contributed by atoms with Crippen molar-refractivity contribution < 1.29 is 21.1 Å². The summed E-state index contributed by atoms with van der Waals surface area (Å²) in [6, 6.07) is 3.71. The van der Waals surface area contributed by atoms with E-state index in [2.05, 4.69) is 5.32 Å². The monoisotopic (exact) mass is 240 g/mol. The minimum absolute atomic E-state index is 0.0873. The molecule has 1 unspecified atom stereocenters. The summed E-state index contributed by atoms with van der Waals surface area (Å²) in [7, 11) is 0. The molecule has 0 spiro atoms. The second-order valence-electron chi connectivity index (χ2n) is 3.66. The molecule has 1 heterocycles. The molecule has 0 saturated carbocycles. The lowest BCUT2D eigenvalue weighted by molar-refractivity contribution is 0.0941. The lowest BCUT2D eigenvalue weighted by Gasteiger charge is -2.14. The summed E-state index contributed by atoms with van der Waals surface area (Å²) in [6.45, 7) is -3.75. The van der Waals surface area contributed by atoms with Crippen LogP contribution in [-0.4, -0.2) is 25.1 Å². The number of benzene rings is 1. The Hall–Kier alpha value is -1.55. The van der Waals surface area contributed by atoms with E-state index in [0.29, 0.717) is 17.1 Å². The zero-order chi connectivity index (χ0) is 16.5. The second kappa shape index (κ2) is 5.19. The summed E-state index contributed by atoms with van der Waals surface area (Å²) in [6.07, 6.45) is 0.253. The molecule has 0 fully saturated rings. The van der Waals surface area contributed by atoms with Crippen molar-refractivity contribution in [3.05, 3.63) is 23.8 Å². The molecule has 0 radical (unpaired) electrons. The molecule has 92 valence electrons. The van der Waals surface area contributed by atoms with Gasteiger partial charge in [0.25, 0.3) is 0 Å². The Kier molecular flexibility index (Phi) is 2.14. The van der Waals surface area contributed by atoms with Crippen molar-refractivity contribution in [1.29, 1.82) is 0 Å². The predicted molar refractivity (Wildman–Crippen MR) is 64.7 cm³/mol. The van der Waals surface area contributed by atoms with Crippen molar-refractivity contribution >= 4 is 5.78 Å². The number of hydrogen-bond donors (Lipinski definition) is 1. The van der Waals surface area contributed by atoms with Crippen LogP contribution in [0.4, 0.5) is 0 Å². The quantitative estimate of drug-likeness (QED) is 0.800. The summed E-state index contributed by atoms with van der Waals surface area (Å²) in [4.78, 5) is 12.5. The van der Waals surface area contributed by atoms with Gasteiger partial charge in [0.05, 0.1) is 6.04 Å². The van der Waals surface area contributed by atoms with Crippen molar-refractivity contribution in [1.82, 2.24) is 5.32 Å². The Balaban J connectivity index is 2.19. The van der Waals surface area contributed by atoms with Crippen molar-refractivity contribution in [2.45, 2.75) is 26.2 Å². The van der Waals surface area contributed by atoms with Gasteiger partial charge in [-0.25, -0.2) is 0 Å². The Morgan fingerprint density at radius 1 is 1.59 bits per heavy atom. The molecule has 0 saturated heterocycles. The minimum Gasteiger partial charge on any atom is -0.454 e. The second-order valence-corrected chi connectivity index (χ2v) is 3.66. The largest absolute Gasteiger partial charge is 0.454 e. The average molecular weight is 240 g/mol.